The third kappa shape index (κ3) is 8.09. The van der Waals surface area contributed by atoms with E-state index in [4.69, 9.17) is 11.1 Å². The van der Waals surface area contributed by atoms with E-state index in [1.165, 1.54) is 11.0 Å². The van der Waals surface area contributed by atoms with E-state index in [1.807, 2.05) is 12.1 Å². The van der Waals surface area contributed by atoms with Crippen molar-refractivity contribution in [2.75, 3.05) is 11.4 Å². The van der Waals surface area contributed by atoms with Crippen molar-refractivity contribution in [2.24, 2.45) is 5.73 Å². The number of halogens is 3. The summed E-state index contributed by atoms with van der Waals surface area (Å²) in [6.45, 7) is 3.35. The zero-order valence-corrected chi connectivity index (χ0v) is 24.9. The van der Waals surface area contributed by atoms with Crippen LogP contribution in [0.3, 0.4) is 0 Å². The average Bonchev–Trinajstić information content (AvgIpc) is 3.11. The van der Waals surface area contributed by atoms with Crippen LogP contribution >= 0.6 is 0 Å². The third-order valence-electron chi connectivity index (χ3n) is 6.96. The highest BCUT2D eigenvalue weighted by atomic mass is 19.4. The molecule has 4 N–H and O–H groups in total. The van der Waals surface area contributed by atoms with Crippen LogP contribution in [-0.4, -0.2) is 53.4 Å². The molecule has 0 saturated carbocycles. The Kier molecular flexibility index (Phi) is 10.1. The second-order valence-corrected chi connectivity index (χ2v) is 10.6. The molecule has 238 valence electrons. The Morgan fingerprint density at radius 2 is 1.67 bits per heavy atom. The summed E-state index contributed by atoms with van der Waals surface area (Å²) in [7, 11) is 0. The molecule has 0 bridgehead atoms. The maximum absolute atomic E-state index is 14.2. The Morgan fingerprint density at radius 3 is 2.30 bits per heavy atom. The van der Waals surface area contributed by atoms with E-state index in [1.54, 1.807) is 68.4 Å². The molecule has 1 atom stereocenters. The van der Waals surface area contributed by atoms with Crippen LogP contribution in [0.15, 0.2) is 72.8 Å². The average molecular weight is 634 g/mol. The molecule has 10 nitrogen and oxygen atoms in total. The van der Waals surface area contributed by atoms with Crippen LogP contribution in [0.4, 0.5) is 18.9 Å². The minimum atomic E-state index is -5.40. The van der Waals surface area contributed by atoms with Crippen LogP contribution in [0.1, 0.15) is 58.9 Å². The Hall–Kier alpha value is -5.64. The lowest BCUT2D eigenvalue weighted by molar-refractivity contribution is -0.202. The number of alkyl halides is 3. The maximum Gasteiger partial charge on any atom is 0.491 e. The van der Waals surface area contributed by atoms with Gasteiger partial charge in [0, 0.05) is 23.7 Å². The van der Waals surface area contributed by atoms with Gasteiger partial charge in [-0.2, -0.15) is 13.2 Å². The Labute approximate surface area is 262 Å². The molecule has 0 aliphatic carbocycles. The second-order valence-electron chi connectivity index (χ2n) is 10.6. The normalized spacial score (nSPS) is 13.7. The minimum absolute atomic E-state index is 0.0893. The molecule has 1 aliphatic heterocycles. The second kappa shape index (κ2) is 14.0. The minimum Gasteiger partial charge on any atom is -0.386 e. The summed E-state index contributed by atoms with van der Waals surface area (Å²) in [5.74, 6) is 0.526. The lowest BCUT2D eigenvalue weighted by atomic mass is 10.00. The number of anilines is 1. The molecule has 0 saturated heterocycles. The number of nitrogens with two attached hydrogens (primary N) is 1. The number of amides is 2. The van der Waals surface area contributed by atoms with Gasteiger partial charge in [-0.25, -0.2) is 4.79 Å². The van der Waals surface area contributed by atoms with Crippen LogP contribution in [0, 0.1) is 17.3 Å². The van der Waals surface area contributed by atoms with Crippen molar-refractivity contribution < 1.29 is 37.1 Å². The lowest BCUT2D eigenvalue weighted by Gasteiger charge is -2.30. The fourth-order valence-corrected chi connectivity index (χ4v) is 4.94. The summed E-state index contributed by atoms with van der Waals surface area (Å²) < 4.78 is 42.4. The molecule has 1 heterocycles. The Morgan fingerprint density at radius 1 is 1.00 bits per heavy atom. The van der Waals surface area contributed by atoms with Crippen molar-refractivity contribution in [1.82, 2.24) is 10.2 Å². The number of esters is 2. The number of benzene rings is 3. The summed E-state index contributed by atoms with van der Waals surface area (Å²) in [6.07, 6.45) is -6.22. The monoisotopic (exact) mass is 633 g/mol. The fourth-order valence-electron chi connectivity index (χ4n) is 4.94. The third-order valence-corrected chi connectivity index (χ3v) is 6.96. The number of ether oxygens (including phenoxy) is 1. The molecule has 0 aromatic heterocycles. The number of rotatable bonds is 7. The van der Waals surface area contributed by atoms with Gasteiger partial charge < -0.3 is 25.6 Å². The summed E-state index contributed by atoms with van der Waals surface area (Å²) in [4.78, 5) is 54.2. The summed E-state index contributed by atoms with van der Waals surface area (Å²) >= 11 is 0. The highest BCUT2D eigenvalue weighted by Crippen LogP contribution is 2.34. The quantitative estimate of drug-likeness (QED) is 0.117. The molecule has 13 heteroatoms. The van der Waals surface area contributed by atoms with Crippen molar-refractivity contribution >= 4 is 35.4 Å². The van der Waals surface area contributed by atoms with Gasteiger partial charge in [0.1, 0.15) is 6.54 Å². The highest BCUT2D eigenvalue weighted by Gasteiger charge is 2.43. The molecule has 2 amide bonds. The van der Waals surface area contributed by atoms with Crippen LogP contribution in [-0.2, 0) is 25.7 Å². The molecule has 0 radical (unpaired) electrons. The molecule has 1 aliphatic rings. The van der Waals surface area contributed by atoms with Crippen molar-refractivity contribution in [3.8, 4) is 11.8 Å². The molecule has 0 spiro atoms. The molecule has 3 aromatic carbocycles. The molecular weight excluding hydrogens is 603 g/mol. The zero-order chi connectivity index (χ0) is 33.6. The number of fused-ring (bicyclic) bond motifs is 1. The molecule has 4 rings (SSSR count). The van der Waals surface area contributed by atoms with E-state index in [0.29, 0.717) is 28.9 Å². The molecule has 46 heavy (non-hydrogen) atoms. The Balaban J connectivity index is 1.73. The van der Waals surface area contributed by atoms with Crippen LogP contribution in [0.25, 0.3) is 0 Å². The van der Waals surface area contributed by atoms with E-state index < -0.39 is 48.9 Å². The van der Waals surface area contributed by atoms with Gasteiger partial charge in [0.25, 0.3) is 5.91 Å². The van der Waals surface area contributed by atoms with Crippen LogP contribution in [0.2, 0.25) is 0 Å². The number of carbonyl (C=O) groups excluding carboxylic acids is 4. The summed E-state index contributed by atoms with van der Waals surface area (Å²) in [6, 6.07) is 18.3. The standard InChI is InChI=1S/C33H30F3N5O5/c1-20(2)41-26-14-13-22(12-11-21-7-6-8-23(15-21)18-39-32(37)38)16-25(26)30(44)40(19-28(41)42)27(24-9-4-3-5-10-24)17-29(43)46-31(45)33(34,35)36/h3-10,13-16,20,27H,17-19H2,1-2H3,(H4,37,38,39). The van der Waals surface area contributed by atoms with Gasteiger partial charge in [-0.15, -0.1) is 0 Å². The largest absolute Gasteiger partial charge is 0.491 e. The number of hydrogen-bond donors (Lipinski definition) is 3. The fraction of sp³-hybridized carbons (Fsp3) is 0.242. The molecule has 3 aromatic rings. The number of nitrogens with zero attached hydrogens (tertiary/aromatic N) is 2. The van der Waals surface area contributed by atoms with Gasteiger partial charge in [-0.3, -0.25) is 19.8 Å². The predicted molar refractivity (Wildman–Crippen MR) is 162 cm³/mol. The molecular formula is C33H30F3N5O5. The first kappa shape index (κ1) is 33.3. The van der Waals surface area contributed by atoms with Crippen LogP contribution < -0.4 is 16.0 Å². The number of hydrogen-bond acceptors (Lipinski definition) is 6. The van der Waals surface area contributed by atoms with Gasteiger partial charge in [0.05, 0.1) is 23.7 Å². The van der Waals surface area contributed by atoms with E-state index in [9.17, 15) is 32.3 Å². The van der Waals surface area contributed by atoms with Crippen LogP contribution in [0.5, 0.6) is 0 Å². The topological polar surface area (TPSA) is 146 Å². The van der Waals surface area contributed by atoms with Crippen molar-refractivity contribution in [1.29, 1.82) is 5.41 Å². The van der Waals surface area contributed by atoms with Gasteiger partial charge in [0.15, 0.2) is 5.96 Å². The maximum atomic E-state index is 14.2. The lowest BCUT2D eigenvalue weighted by Crippen LogP contribution is -2.44. The van der Waals surface area contributed by atoms with Gasteiger partial charge in [0.2, 0.25) is 5.91 Å². The number of guanidine groups is 1. The first-order valence-corrected chi connectivity index (χ1v) is 14.1. The van der Waals surface area contributed by atoms with Gasteiger partial charge >= 0.3 is 18.1 Å². The first-order valence-electron chi connectivity index (χ1n) is 14.1. The number of carbonyl (C=O) groups is 4. The van der Waals surface area contributed by atoms with E-state index >= 15 is 0 Å². The van der Waals surface area contributed by atoms with E-state index in [0.717, 1.165) is 10.5 Å². The first-order chi connectivity index (χ1) is 21.7. The van der Waals surface area contributed by atoms with E-state index in [-0.39, 0.29) is 17.6 Å². The van der Waals surface area contributed by atoms with Gasteiger partial charge in [-0.05, 0) is 55.3 Å². The highest BCUT2D eigenvalue weighted by molar-refractivity contribution is 6.10. The Bertz CT molecular complexity index is 1730. The predicted octanol–water partition coefficient (Wildman–Crippen LogP) is 4.03. The van der Waals surface area contributed by atoms with Crippen molar-refractivity contribution in [3.63, 3.8) is 0 Å². The number of nitrogens with one attached hydrogen (secondary N) is 2. The zero-order valence-electron chi connectivity index (χ0n) is 24.9. The van der Waals surface area contributed by atoms with Crippen molar-refractivity contribution in [3.05, 3.63) is 101 Å². The van der Waals surface area contributed by atoms with E-state index in [2.05, 4.69) is 21.9 Å². The smallest absolute Gasteiger partial charge is 0.386 e. The SMILES string of the molecule is CC(C)N1C(=O)CN(C(CC(=O)OC(=O)C(F)(F)F)c2ccccc2)C(=O)c2cc(C#Cc3cccc(CNC(=N)N)c3)ccc21. The summed E-state index contributed by atoms with van der Waals surface area (Å²) in [5.41, 5.74) is 8.02. The molecule has 0 fully saturated rings. The van der Waals surface area contributed by atoms with Crippen molar-refractivity contribution in [2.45, 2.75) is 45.1 Å². The van der Waals surface area contributed by atoms with Gasteiger partial charge in [-0.1, -0.05) is 54.3 Å². The molecule has 1 unspecified atom stereocenters. The summed E-state index contributed by atoms with van der Waals surface area (Å²) in [5, 5.41) is 10.0.